The zero-order valence-corrected chi connectivity index (χ0v) is 20.6. The van der Waals surface area contributed by atoms with E-state index in [-0.39, 0.29) is 5.41 Å². The van der Waals surface area contributed by atoms with Gasteiger partial charge in [0.1, 0.15) is 34.6 Å². The molecule has 0 bridgehead atoms. The Kier molecular flexibility index (Phi) is 5.85. The van der Waals surface area contributed by atoms with Crippen LogP contribution >= 0.6 is 7.26 Å². The van der Waals surface area contributed by atoms with Gasteiger partial charge in [-0.25, -0.2) is 0 Å². The van der Waals surface area contributed by atoms with Gasteiger partial charge in [-0.05, 0) is 72.9 Å². The summed E-state index contributed by atoms with van der Waals surface area (Å²) in [6.45, 7) is 7.91. The number of benzene rings is 4. The molecule has 1 atom stereocenters. The van der Waals surface area contributed by atoms with E-state index in [1.165, 1.54) is 27.0 Å². The minimum Gasteiger partial charge on any atom is -0.493 e. The highest BCUT2D eigenvalue weighted by Crippen LogP contribution is 2.66. The van der Waals surface area contributed by atoms with E-state index in [0.29, 0.717) is 5.66 Å². The van der Waals surface area contributed by atoms with Gasteiger partial charge in [0, 0.05) is 5.56 Å². The molecule has 4 aromatic carbocycles. The van der Waals surface area contributed by atoms with Crippen molar-refractivity contribution in [2.75, 3.05) is 6.61 Å². The van der Waals surface area contributed by atoms with E-state index < -0.39 is 7.26 Å². The molecule has 0 saturated heterocycles. The highest BCUT2D eigenvalue weighted by Gasteiger charge is 2.51. The Morgan fingerprint density at radius 2 is 1.18 bits per heavy atom. The molecular weight excluding hydrogens is 421 g/mol. The third-order valence-electron chi connectivity index (χ3n) is 7.27. The van der Waals surface area contributed by atoms with E-state index in [0.717, 1.165) is 18.8 Å². The van der Waals surface area contributed by atoms with Gasteiger partial charge in [0.25, 0.3) is 0 Å². The molecule has 0 fully saturated rings. The second-order valence-corrected chi connectivity index (χ2v) is 13.4. The predicted molar refractivity (Wildman–Crippen MR) is 143 cm³/mol. The van der Waals surface area contributed by atoms with Gasteiger partial charge >= 0.3 is 0 Å². The molecule has 0 spiro atoms. The summed E-state index contributed by atoms with van der Waals surface area (Å²) >= 11 is 0. The zero-order valence-electron chi connectivity index (χ0n) is 19.7. The van der Waals surface area contributed by atoms with Crippen molar-refractivity contribution in [3.8, 4) is 5.75 Å². The first-order chi connectivity index (χ1) is 16.0. The van der Waals surface area contributed by atoms with Gasteiger partial charge in [-0.2, -0.15) is 0 Å². The van der Waals surface area contributed by atoms with Crippen molar-refractivity contribution in [1.82, 2.24) is 0 Å². The molecule has 1 aliphatic heterocycles. The third kappa shape index (κ3) is 3.79. The number of ether oxygens (including phenoxy) is 1. The fourth-order valence-electron chi connectivity index (χ4n) is 5.34. The molecule has 1 aliphatic rings. The van der Waals surface area contributed by atoms with Crippen LogP contribution in [0.1, 0.15) is 44.0 Å². The van der Waals surface area contributed by atoms with Crippen LogP contribution in [0.25, 0.3) is 0 Å². The lowest BCUT2D eigenvalue weighted by molar-refractivity contribution is 0.234. The molecule has 0 radical (unpaired) electrons. The van der Waals surface area contributed by atoms with E-state index in [2.05, 4.69) is 130 Å². The lowest BCUT2D eigenvalue weighted by Crippen LogP contribution is -2.34. The quantitative estimate of drug-likeness (QED) is 0.302. The molecule has 0 amide bonds. The topological polar surface area (TPSA) is 9.23 Å². The first-order valence-corrected chi connectivity index (χ1v) is 13.7. The molecule has 1 unspecified atom stereocenters. The molecule has 2 heteroatoms. The molecular formula is C31H32OP+. The summed E-state index contributed by atoms with van der Waals surface area (Å²) in [6.07, 6.45) is 1.05. The Bertz CT molecular complexity index is 1120. The molecule has 166 valence electrons. The van der Waals surface area contributed by atoms with Crippen LogP contribution < -0.4 is 20.7 Å². The van der Waals surface area contributed by atoms with Crippen LogP contribution in [-0.4, -0.2) is 6.61 Å². The summed E-state index contributed by atoms with van der Waals surface area (Å²) in [5, 5.41) is 4.26. The Hall–Kier alpha value is -2.89. The first kappa shape index (κ1) is 21.9. The maximum absolute atomic E-state index is 6.04. The Balaban J connectivity index is 1.78. The minimum atomic E-state index is -1.98. The summed E-state index contributed by atoms with van der Waals surface area (Å²) in [7, 11) is -1.98. The molecule has 33 heavy (non-hydrogen) atoms. The highest BCUT2D eigenvalue weighted by atomic mass is 31.2. The monoisotopic (exact) mass is 453 g/mol. The van der Waals surface area contributed by atoms with Crippen LogP contribution in [0.15, 0.2) is 109 Å². The number of fused-ring (bicyclic) bond motifs is 1. The van der Waals surface area contributed by atoms with Gasteiger partial charge < -0.3 is 4.74 Å². The lowest BCUT2D eigenvalue weighted by atomic mass is 9.80. The van der Waals surface area contributed by atoms with E-state index in [1.807, 2.05) is 0 Å². The smallest absolute Gasteiger partial charge is 0.123 e. The lowest BCUT2D eigenvalue weighted by Gasteiger charge is -2.36. The van der Waals surface area contributed by atoms with Crippen molar-refractivity contribution in [2.45, 2.75) is 38.3 Å². The number of hydrogen-bond donors (Lipinski definition) is 0. The van der Waals surface area contributed by atoms with Gasteiger partial charge in [0.05, 0.1) is 6.61 Å². The third-order valence-corrected chi connectivity index (χ3v) is 12.1. The zero-order chi connectivity index (χ0) is 22.9. The fourth-order valence-corrected chi connectivity index (χ4v) is 10.1. The molecule has 0 aromatic heterocycles. The van der Waals surface area contributed by atoms with Gasteiger partial charge in [0.2, 0.25) is 0 Å². The van der Waals surface area contributed by atoms with Crippen LogP contribution in [0.4, 0.5) is 0 Å². The summed E-state index contributed by atoms with van der Waals surface area (Å²) in [5.74, 6) is 1.05. The van der Waals surface area contributed by atoms with Crippen LogP contribution in [-0.2, 0) is 5.41 Å². The maximum Gasteiger partial charge on any atom is 0.123 e. The molecule has 1 heterocycles. The van der Waals surface area contributed by atoms with Crippen molar-refractivity contribution in [3.05, 3.63) is 120 Å². The second kappa shape index (κ2) is 8.81. The average molecular weight is 454 g/mol. The van der Waals surface area contributed by atoms with Crippen molar-refractivity contribution >= 4 is 23.2 Å². The first-order valence-electron chi connectivity index (χ1n) is 11.9. The number of hydrogen-bond acceptors (Lipinski definition) is 1. The Labute approximate surface area is 198 Å². The van der Waals surface area contributed by atoms with Gasteiger partial charge in [0.15, 0.2) is 0 Å². The van der Waals surface area contributed by atoms with Gasteiger partial charge in [-0.15, -0.1) is 0 Å². The van der Waals surface area contributed by atoms with E-state index in [4.69, 9.17) is 4.74 Å². The van der Waals surface area contributed by atoms with Crippen LogP contribution in [0.3, 0.4) is 0 Å². The van der Waals surface area contributed by atoms with Crippen molar-refractivity contribution in [1.29, 1.82) is 0 Å². The molecule has 0 aliphatic carbocycles. The Morgan fingerprint density at radius 1 is 0.697 bits per heavy atom. The molecule has 4 aromatic rings. The van der Waals surface area contributed by atoms with E-state index in [1.54, 1.807) is 0 Å². The summed E-state index contributed by atoms with van der Waals surface area (Å²) < 4.78 is 6.04. The molecule has 0 saturated carbocycles. The van der Waals surface area contributed by atoms with Gasteiger partial charge in [-0.3, -0.25) is 0 Å². The SMILES string of the molecule is C[14CH](c1ccc2c(c1)C(C)(C)CCO2)[P+](c1ccccc1)(c1ccccc1)c1ccccc1. The normalized spacial score (nSPS) is 15.8. The van der Waals surface area contributed by atoms with Gasteiger partial charge in [-0.1, -0.05) is 74.5 Å². The second-order valence-electron chi connectivity index (χ2n) is 9.64. The fraction of sp³-hybridized carbons (Fsp3) is 0.226. The van der Waals surface area contributed by atoms with E-state index in [9.17, 15) is 0 Å². The standard InChI is InChI=1S/C31H32OP/c1-24(25-19-20-30-29(23-25)31(2,3)21-22-32-30)33(26-13-7-4-8-14-26,27-15-9-5-10-16-27)28-17-11-6-12-18-28/h4-20,23-24H,21-22H2,1-3H3/q+1/i24+2. The van der Waals surface area contributed by atoms with Crippen molar-refractivity contribution in [2.24, 2.45) is 0 Å². The highest BCUT2D eigenvalue weighted by molar-refractivity contribution is 7.95. The van der Waals surface area contributed by atoms with E-state index >= 15 is 0 Å². The molecule has 1 nitrogen and oxygen atoms in total. The Morgan fingerprint density at radius 3 is 1.67 bits per heavy atom. The largest absolute Gasteiger partial charge is 0.493 e. The summed E-state index contributed by atoms with van der Waals surface area (Å²) in [5.41, 5.74) is 3.16. The number of rotatable bonds is 5. The summed E-state index contributed by atoms with van der Waals surface area (Å²) in [4.78, 5) is 0. The minimum absolute atomic E-state index is 0.122. The van der Waals surface area contributed by atoms with Crippen molar-refractivity contribution in [3.63, 3.8) is 0 Å². The molecule has 5 rings (SSSR count). The average Bonchev–Trinajstić information content (AvgIpc) is 2.86. The molecule has 0 N–H and O–H groups in total. The maximum atomic E-state index is 6.04. The summed E-state index contributed by atoms with van der Waals surface area (Å²) in [6, 6.07) is 40.4. The van der Waals surface area contributed by atoms with Crippen LogP contribution in [0, 0.1) is 0 Å². The van der Waals surface area contributed by atoms with Crippen LogP contribution in [0.2, 0.25) is 0 Å². The van der Waals surface area contributed by atoms with Crippen LogP contribution in [0.5, 0.6) is 5.75 Å². The predicted octanol–water partition coefficient (Wildman–Crippen LogP) is 6.80. The van der Waals surface area contributed by atoms with Crippen molar-refractivity contribution < 1.29 is 4.74 Å².